The number of nitriles is 1. The Morgan fingerprint density at radius 1 is 1.41 bits per heavy atom. The third-order valence-electron chi connectivity index (χ3n) is 1.78. The molecule has 0 unspecified atom stereocenters. The summed E-state index contributed by atoms with van der Waals surface area (Å²) in [4.78, 5) is 3.85. The molecule has 1 N–H and O–H groups in total. The van der Waals surface area contributed by atoms with Gasteiger partial charge < -0.3 is 0 Å². The van der Waals surface area contributed by atoms with E-state index in [-0.39, 0.29) is 17.0 Å². The Hall–Kier alpha value is -1.61. The zero-order valence-electron chi connectivity index (χ0n) is 10.1. The summed E-state index contributed by atoms with van der Waals surface area (Å²) >= 11 is 0. The van der Waals surface area contributed by atoms with Crippen LogP contribution in [0.1, 0.15) is 26.3 Å². The van der Waals surface area contributed by atoms with Gasteiger partial charge in [-0.2, -0.15) is 5.26 Å². The van der Waals surface area contributed by atoms with Gasteiger partial charge in [-0.25, -0.2) is 13.4 Å². The van der Waals surface area contributed by atoms with Gasteiger partial charge in [-0.05, 0) is 17.5 Å². The summed E-state index contributed by atoms with van der Waals surface area (Å²) in [6, 6.07) is 4.90. The molecular formula is C11H15N3O2S. The van der Waals surface area contributed by atoms with Gasteiger partial charge in [0.15, 0.2) is 0 Å². The Kier molecular flexibility index (Phi) is 3.73. The van der Waals surface area contributed by atoms with Gasteiger partial charge in [0.2, 0.25) is 10.0 Å². The van der Waals surface area contributed by atoms with Crippen LogP contribution in [-0.2, 0) is 10.0 Å². The molecule has 0 radical (unpaired) electrons. The Bertz CT molecular complexity index is 521. The zero-order chi connectivity index (χ0) is 13.1. The van der Waals surface area contributed by atoms with Crippen LogP contribution in [0.15, 0.2) is 18.3 Å². The zero-order valence-corrected chi connectivity index (χ0v) is 10.9. The first kappa shape index (κ1) is 13.5. The monoisotopic (exact) mass is 253 g/mol. The number of aromatic nitrogens is 1. The Labute approximate surface area is 102 Å². The topological polar surface area (TPSA) is 82.9 Å². The van der Waals surface area contributed by atoms with E-state index >= 15 is 0 Å². The van der Waals surface area contributed by atoms with Crippen molar-refractivity contribution in [2.45, 2.75) is 20.8 Å². The van der Waals surface area contributed by atoms with Gasteiger partial charge in [-0.1, -0.05) is 20.8 Å². The Morgan fingerprint density at radius 3 is 2.47 bits per heavy atom. The van der Waals surface area contributed by atoms with Crippen LogP contribution >= 0.6 is 0 Å². The summed E-state index contributed by atoms with van der Waals surface area (Å²) in [5, 5.41) is 8.59. The van der Waals surface area contributed by atoms with Crippen molar-refractivity contribution in [3.63, 3.8) is 0 Å². The fourth-order valence-electron chi connectivity index (χ4n) is 1.29. The molecule has 0 atom stereocenters. The minimum atomic E-state index is -3.41. The fourth-order valence-corrected chi connectivity index (χ4v) is 2.94. The molecule has 17 heavy (non-hydrogen) atoms. The van der Waals surface area contributed by atoms with Crippen LogP contribution in [0.3, 0.4) is 0 Å². The summed E-state index contributed by atoms with van der Waals surface area (Å²) in [5.74, 6) is 0.245. The quantitative estimate of drug-likeness (QED) is 0.889. The van der Waals surface area contributed by atoms with Crippen molar-refractivity contribution in [3.05, 3.63) is 23.9 Å². The molecule has 5 nitrogen and oxygen atoms in total. The summed E-state index contributed by atoms with van der Waals surface area (Å²) < 4.78 is 25.9. The summed E-state index contributed by atoms with van der Waals surface area (Å²) in [6.45, 7) is 5.54. The predicted octanol–water partition coefficient (Wildman–Crippen LogP) is 1.74. The van der Waals surface area contributed by atoms with Crippen molar-refractivity contribution in [1.82, 2.24) is 4.98 Å². The number of anilines is 1. The van der Waals surface area contributed by atoms with E-state index in [2.05, 4.69) is 9.71 Å². The lowest BCUT2D eigenvalue weighted by atomic mass is 10.0. The molecule has 0 fully saturated rings. The molecule has 0 saturated heterocycles. The van der Waals surface area contributed by atoms with E-state index in [1.165, 1.54) is 18.3 Å². The third kappa shape index (κ3) is 4.83. The van der Waals surface area contributed by atoms with E-state index in [4.69, 9.17) is 5.26 Å². The van der Waals surface area contributed by atoms with Crippen molar-refractivity contribution in [2.24, 2.45) is 5.41 Å². The summed E-state index contributed by atoms with van der Waals surface area (Å²) in [7, 11) is -3.41. The summed E-state index contributed by atoms with van der Waals surface area (Å²) in [5.41, 5.74) is 0.0714. The number of hydrogen-bond acceptors (Lipinski definition) is 4. The van der Waals surface area contributed by atoms with Crippen LogP contribution in [-0.4, -0.2) is 19.2 Å². The van der Waals surface area contributed by atoms with Gasteiger partial charge in [0.25, 0.3) is 0 Å². The normalized spacial score (nSPS) is 11.9. The molecule has 1 heterocycles. The third-order valence-corrected chi connectivity index (χ3v) is 3.54. The maximum absolute atomic E-state index is 11.8. The van der Waals surface area contributed by atoms with Gasteiger partial charge in [0, 0.05) is 6.20 Å². The number of sulfonamides is 1. The molecule has 1 aromatic heterocycles. The van der Waals surface area contributed by atoms with Crippen LogP contribution in [0.5, 0.6) is 0 Å². The Balaban J connectivity index is 2.81. The van der Waals surface area contributed by atoms with Gasteiger partial charge in [0.1, 0.15) is 11.9 Å². The average Bonchev–Trinajstić information content (AvgIpc) is 2.14. The van der Waals surface area contributed by atoms with Crippen molar-refractivity contribution in [3.8, 4) is 6.07 Å². The number of nitrogens with zero attached hydrogens (tertiary/aromatic N) is 2. The Morgan fingerprint density at radius 2 is 2.06 bits per heavy atom. The number of rotatable bonds is 3. The van der Waals surface area contributed by atoms with E-state index in [9.17, 15) is 8.42 Å². The molecule has 0 saturated carbocycles. The first-order valence-corrected chi connectivity index (χ1v) is 6.74. The molecule has 6 heteroatoms. The molecule has 92 valence electrons. The van der Waals surface area contributed by atoms with Crippen molar-refractivity contribution < 1.29 is 8.42 Å². The number of hydrogen-bond donors (Lipinski definition) is 1. The maximum Gasteiger partial charge on any atom is 0.234 e. The van der Waals surface area contributed by atoms with Crippen LogP contribution in [0.25, 0.3) is 0 Å². The van der Waals surface area contributed by atoms with Gasteiger partial charge >= 0.3 is 0 Å². The molecule has 0 aliphatic rings. The number of nitrogens with one attached hydrogen (secondary N) is 1. The van der Waals surface area contributed by atoms with E-state index in [0.717, 1.165) is 0 Å². The second-order valence-corrected chi connectivity index (χ2v) is 6.69. The molecule has 1 aromatic rings. The standard InChI is InChI=1S/C11H15N3O2S/c1-11(2,3)8-17(15,16)14-10-5-4-9(6-12)7-13-10/h4-5,7H,8H2,1-3H3,(H,13,14). The highest BCUT2D eigenvalue weighted by atomic mass is 32.2. The molecule has 0 bridgehead atoms. The largest absolute Gasteiger partial charge is 0.267 e. The van der Waals surface area contributed by atoms with Crippen LogP contribution in [0.4, 0.5) is 5.82 Å². The highest BCUT2D eigenvalue weighted by Gasteiger charge is 2.21. The molecular weight excluding hydrogens is 238 g/mol. The average molecular weight is 253 g/mol. The highest BCUT2D eigenvalue weighted by molar-refractivity contribution is 7.92. The lowest BCUT2D eigenvalue weighted by molar-refractivity contribution is 0.463. The SMILES string of the molecule is CC(C)(C)CS(=O)(=O)Nc1ccc(C#N)cn1. The predicted molar refractivity (Wildman–Crippen MR) is 65.8 cm³/mol. The first-order valence-electron chi connectivity index (χ1n) is 5.08. The van der Waals surface area contributed by atoms with Crippen LogP contribution < -0.4 is 4.72 Å². The smallest absolute Gasteiger partial charge is 0.234 e. The van der Waals surface area contributed by atoms with Crippen LogP contribution in [0.2, 0.25) is 0 Å². The molecule has 0 spiro atoms. The second kappa shape index (κ2) is 4.72. The first-order chi connectivity index (χ1) is 7.72. The van der Waals surface area contributed by atoms with Gasteiger partial charge in [-0.15, -0.1) is 0 Å². The van der Waals surface area contributed by atoms with Crippen molar-refractivity contribution >= 4 is 15.8 Å². The van der Waals surface area contributed by atoms with E-state index < -0.39 is 10.0 Å². The fraction of sp³-hybridized carbons (Fsp3) is 0.455. The minimum absolute atomic E-state index is 0.0156. The lowest BCUT2D eigenvalue weighted by Crippen LogP contribution is -2.26. The number of pyridine rings is 1. The molecule has 1 rings (SSSR count). The lowest BCUT2D eigenvalue weighted by Gasteiger charge is -2.18. The van der Waals surface area contributed by atoms with E-state index in [1.54, 1.807) is 0 Å². The second-order valence-electron chi connectivity index (χ2n) is 4.97. The van der Waals surface area contributed by atoms with E-state index in [1.807, 2.05) is 26.8 Å². The van der Waals surface area contributed by atoms with E-state index in [0.29, 0.717) is 5.56 Å². The van der Waals surface area contributed by atoms with Gasteiger partial charge in [-0.3, -0.25) is 4.72 Å². The van der Waals surface area contributed by atoms with Gasteiger partial charge in [0.05, 0.1) is 11.3 Å². The molecule has 0 amide bonds. The summed E-state index contributed by atoms with van der Waals surface area (Å²) in [6.07, 6.45) is 1.33. The molecule has 0 aliphatic heterocycles. The van der Waals surface area contributed by atoms with Crippen LogP contribution in [0, 0.1) is 16.7 Å². The maximum atomic E-state index is 11.8. The highest BCUT2D eigenvalue weighted by Crippen LogP contribution is 2.17. The van der Waals surface area contributed by atoms with Crippen molar-refractivity contribution in [2.75, 3.05) is 10.5 Å². The minimum Gasteiger partial charge on any atom is -0.267 e. The molecule has 0 aromatic carbocycles. The van der Waals surface area contributed by atoms with Crippen molar-refractivity contribution in [1.29, 1.82) is 5.26 Å². The molecule has 0 aliphatic carbocycles.